The molecular formula is C21H22F2N2O4. The number of anilines is 1. The van der Waals surface area contributed by atoms with Gasteiger partial charge in [0.1, 0.15) is 11.5 Å². The van der Waals surface area contributed by atoms with Crippen LogP contribution in [0.4, 0.5) is 14.5 Å². The van der Waals surface area contributed by atoms with Crippen LogP contribution in [0.3, 0.4) is 0 Å². The normalized spacial score (nSPS) is 13.7. The molecule has 1 saturated heterocycles. The SMILES string of the molecule is CN(Cc1ccc(OC(F)F)cc1)C(=O)COc1cccc(N2CCCC2=O)c1. The Kier molecular flexibility index (Phi) is 6.64. The van der Waals surface area contributed by atoms with Gasteiger partial charge < -0.3 is 19.3 Å². The first-order valence-corrected chi connectivity index (χ1v) is 9.23. The molecule has 0 aromatic heterocycles. The van der Waals surface area contributed by atoms with Crippen molar-refractivity contribution in [2.75, 3.05) is 25.1 Å². The Morgan fingerprint density at radius 3 is 2.59 bits per heavy atom. The van der Waals surface area contributed by atoms with Crippen LogP contribution in [0.1, 0.15) is 18.4 Å². The molecule has 1 aliphatic heterocycles. The Balaban J connectivity index is 1.52. The number of hydrogen-bond donors (Lipinski definition) is 0. The van der Waals surface area contributed by atoms with E-state index in [1.165, 1.54) is 17.0 Å². The number of amides is 2. The van der Waals surface area contributed by atoms with Gasteiger partial charge in [0, 0.05) is 38.3 Å². The van der Waals surface area contributed by atoms with E-state index in [0.29, 0.717) is 25.3 Å². The van der Waals surface area contributed by atoms with Crippen LogP contribution in [0.2, 0.25) is 0 Å². The van der Waals surface area contributed by atoms with Crippen molar-refractivity contribution in [2.45, 2.75) is 26.0 Å². The number of benzene rings is 2. The Labute approximate surface area is 167 Å². The van der Waals surface area contributed by atoms with Gasteiger partial charge in [-0.3, -0.25) is 9.59 Å². The number of carbonyl (C=O) groups excluding carboxylic acids is 2. The molecule has 0 atom stereocenters. The molecule has 8 heteroatoms. The molecule has 29 heavy (non-hydrogen) atoms. The maximum absolute atomic E-state index is 12.3. The molecule has 2 aromatic carbocycles. The van der Waals surface area contributed by atoms with Gasteiger partial charge in [0.25, 0.3) is 5.91 Å². The zero-order valence-corrected chi connectivity index (χ0v) is 16.0. The van der Waals surface area contributed by atoms with E-state index in [1.54, 1.807) is 42.3 Å². The Bertz CT molecular complexity index is 858. The summed E-state index contributed by atoms with van der Waals surface area (Å²) in [7, 11) is 1.63. The monoisotopic (exact) mass is 404 g/mol. The summed E-state index contributed by atoms with van der Waals surface area (Å²) >= 11 is 0. The lowest BCUT2D eigenvalue weighted by atomic mass is 10.2. The summed E-state index contributed by atoms with van der Waals surface area (Å²) in [5.41, 5.74) is 1.54. The number of carbonyl (C=O) groups is 2. The van der Waals surface area contributed by atoms with Crippen LogP contribution < -0.4 is 14.4 Å². The van der Waals surface area contributed by atoms with E-state index in [0.717, 1.165) is 17.7 Å². The average molecular weight is 404 g/mol. The highest BCUT2D eigenvalue weighted by atomic mass is 19.3. The molecule has 2 amide bonds. The molecule has 0 N–H and O–H groups in total. The van der Waals surface area contributed by atoms with Crippen molar-refractivity contribution in [1.82, 2.24) is 4.90 Å². The van der Waals surface area contributed by atoms with Crippen LogP contribution in [0, 0.1) is 0 Å². The minimum absolute atomic E-state index is 0.0671. The van der Waals surface area contributed by atoms with E-state index >= 15 is 0 Å². The number of rotatable bonds is 8. The topological polar surface area (TPSA) is 59.1 Å². The van der Waals surface area contributed by atoms with Crippen molar-refractivity contribution in [3.8, 4) is 11.5 Å². The highest BCUT2D eigenvalue weighted by Crippen LogP contribution is 2.25. The van der Waals surface area contributed by atoms with Gasteiger partial charge in [-0.05, 0) is 36.2 Å². The second-order valence-corrected chi connectivity index (χ2v) is 6.71. The van der Waals surface area contributed by atoms with Crippen LogP contribution in [0.5, 0.6) is 11.5 Å². The number of ether oxygens (including phenoxy) is 2. The summed E-state index contributed by atoms with van der Waals surface area (Å²) in [5, 5.41) is 0. The molecular weight excluding hydrogens is 382 g/mol. The highest BCUT2D eigenvalue weighted by molar-refractivity contribution is 5.95. The highest BCUT2D eigenvalue weighted by Gasteiger charge is 2.22. The summed E-state index contributed by atoms with van der Waals surface area (Å²) in [5.74, 6) is 0.429. The molecule has 3 rings (SSSR count). The summed E-state index contributed by atoms with van der Waals surface area (Å²) < 4.78 is 34.3. The maximum Gasteiger partial charge on any atom is 0.387 e. The van der Waals surface area contributed by atoms with Gasteiger partial charge in [0.05, 0.1) is 0 Å². The van der Waals surface area contributed by atoms with Gasteiger partial charge in [-0.1, -0.05) is 18.2 Å². The van der Waals surface area contributed by atoms with Crippen molar-refractivity contribution in [3.05, 3.63) is 54.1 Å². The van der Waals surface area contributed by atoms with Crippen molar-refractivity contribution in [1.29, 1.82) is 0 Å². The fourth-order valence-electron chi connectivity index (χ4n) is 3.06. The van der Waals surface area contributed by atoms with Crippen LogP contribution in [0.25, 0.3) is 0 Å². The minimum atomic E-state index is -2.87. The van der Waals surface area contributed by atoms with Crippen LogP contribution in [0.15, 0.2) is 48.5 Å². The van der Waals surface area contributed by atoms with E-state index in [9.17, 15) is 18.4 Å². The van der Waals surface area contributed by atoms with Gasteiger partial charge in [0.2, 0.25) is 5.91 Å². The molecule has 0 bridgehead atoms. The molecule has 6 nitrogen and oxygen atoms in total. The predicted molar refractivity (Wildman–Crippen MR) is 103 cm³/mol. The van der Waals surface area contributed by atoms with Gasteiger partial charge >= 0.3 is 6.61 Å². The Morgan fingerprint density at radius 2 is 1.93 bits per heavy atom. The number of halogens is 2. The summed E-state index contributed by atoms with van der Waals surface area (Å²) in [6, 6.07) is 13.2. The number of nitrogens with zero attached hydrogens (tertiary/aromatic N) is 2. The third-order valence-corrected chi connectivity index (χ3v) is 4.56. The van der Waals surface area contributed by atoms with Crippen molar-refractivity contribution >= 4 is 17.5 Å². The van der Waals surface area contributed by atoms with Gasteiger partial charge in [0.15, 0.2) is 6.61 Å². The molecule has 0 radical (unpaired) electrons. The largest absolute Gasteiger partial charge is 0.484 e. The quantitative estimate of drug-likeness (QED) is 0.676. The molecule has 1 aliphatic rings. The molecule has 1 heterocycles. The standard InChI is InChI=1S/C21H22F2N2O4/c1-24(13-15-7-9-17(10-8-15)29-21(22)23)20(27)14-28-18-5-2-4-16(12-18)25-11-3-6-19(25)26/h2,4-5,7-10,12,21H,3,6,11,13-14H2,1H3. The summed E-state index contributed by atoms with van der Waals surface area (Å²) in [6.45, 7) is -2.03. The van der Waals surface area contributed by atoms with Crippen molar-refractivity contribution < 1.29 is 27.8 Å². The van der Waals surface area contributed by atoms with Crippen molar-refractivity contribution in [3.63, 3.8) is 0 Å². The fraction of sp³-hybridized carbons (Fsp3) is 0.333. The van der Waals surface area contributed by atoms with E-state index in [4.69, 9.17) is 4.74 Å². The Hall–Kier alpha value is -3.16. The van der Waals surface area contributed by atoms with E-state index in [-0.39, 0.29) is 24.2 Å². The third kappa shape index (κ3) is 5.66. The lowest BCUT2D eigenvalue weighted by Gasteiger charge is -2.19. The maximum atomic E-state index is 12.3. The van der Waals surface area contributed by atoms with Crippen molar-refractivity contribution in [2.24, 2.45) is 0 Å². The smallest absolute Gasteiger partial charge is 0.387 e. The predicted octanol–water partition coefficient (Wildman–Crippen LogP) is 3.45. The minimum Gasteiger partial charge on any atom is -0.484 e. The van der Waals surface area contributed by atoms with E-state index < -0.39 is 6.61 Å². The summed E-state index contributed by atoms with van der Waals surface area (Å²) in [4.78, 5) is 27.4. The molecule has 0 saturated carbocycles. The number of hydrogen-bond acceptors (Lipinski definition) is 4. The van der Waals surface area contributed by atoms with Crippen LogP contribution >= 0.6 is 0 Å². The average Bonchev–Trinajstić information content (AvgIpc) is 3.13. The van der Waals surface area contributed by atoms with Gasteiger partial charge in [-0.15, -0.1) is 0 Å². The number of alkyl halides is 2. The van der Waals surface area contributed by atoms with E-state index in [2.05, 4.69) is 4.74 Å². The first-order valence-electron chi connectivity index (χ1n) is 9.23. The molecule has 0 unspecified atom stereocenters. The second-order valence-electron chi connectivity index (χ2n) is 6.71. The molecule has 1 fully saturated rings. The summed E-state index contributed by atoms with van der Waals surface area (Å²) in [6.07, 6.45) is 1.38. The lowest BCUT2D eigenvalue weighted by Crippen LogP contribution is -2.31. The first kappa shape index (κ1) is 20.6. The molecule has 0 aliphatic carbocycles. The number of likely N-dealkylation sites (N-methyl/N-ethyl adjacent to an activating group) is 1. The Morgan fingerprint density at radius 1 is 1.17 bits per heavy atom. The zero-order chi connectivity index (χ0) is 20.8. The van der Waals surface area contributed by atoms with Gasteiger partial charge in [-0.2, -0.15) is 8.78 Å². The van der Waals surface area contributed by atoms with Crippen LogP contribution in [-0.2, 0) is 16.1 Å². The van der Waals surface area contributed by atoms with Gasteiger partial charge in [-0.25, -0.2) is 0 Å². The lowest BCUT2D eigenvalue weighted by molar-refractivity contribution is -0.132. The van der Waals surface area contributed by atoms with E-state index in [1.807, 2.05) is 6.07 Å². The third-order valence-electron chi connectivity index (χ3n) is 4.56. The fourth-order valence-corrected chi connectivity index (χ4v) is 3.06. The zero-order valence-electron chi connectivity index (χ0n) is 16.0. The van der Waals surface area contributed by atoms with Crippen LogP contribution in [-0.4, -0.2) is 43.5 Å². The first-order chi connectivity index (χ1) is 13.9. The molecule has 154 valence electrons. The molecule has 2 aromatic rings. The second kappa shape index (κ2) is 9.36. The molecule has 0 spiro atoms.